The second-order valence-corrected chi connectivity index (χ2v) is 7.72. The predicted molar refractivity (Wildman–Crippen MR) is 108 cm³/mol. The minimum atomic E-state index is -0.396. The standard InChI is InChI=1S/C19H11BrN4O2S/c20-14-7-3-2-6-12(14)17-21-22-19-24(17)23-15(10-27-19)13-9-11-5-1-4-8-16(11)26-18(13)25/h1-9H,10H2. The van der Waals surface area contributed by atoms with Crippen LogP contribution in [0.1, 0.15) is 5.56 Å². The molecule has 1 aliphatic heterocycles. The number of rotatable bonds is 2. The van der Waals surface area contributed by atoms with Crippen LogP contribution in [0.15, 0.2) is 78.5 Å². The maximum Gasteiger partial charge on any atom is 0.345 e. The fraction of sp³-hybridized carbons (Fsp3) is 0.0526. The topological polar surface area (TPSA) is 73.3 Å². The lowest BCUT2D eigenvalue weighted by atomic mass is 10.1. The van der Waals surface area contributed by atoms with Crippen LogP contribution in [0.2, 0.25) is 0 Å². The van der Waals surface area contributed by atoms with Crippen molar-refractivity contribution in [2.24, 2.45) is 5.10 Å². The number of benzene rings is 2. The van der Waals surface area contributed by atoms with Gasteiger partial charge < -0.3 is 4.42 Å². The monoisotopic (exact) mass is 438 g/mol. The molecule has 2 aromatic carbocycles. The smallest absolute Gasteiger partial charge is 0.345 e. The molecule has 5 rings (SSSR count). The van der Waals surface area contributed by atoms with Gasteiger partial charge in [-0.15, -0.1) is 10.2 Å². The fourth-order valence-corrected chi connectivity index (χ4v) is 4.22. The van der Waals surface area contributed by atoms with E-state index in [1.165, 1.54) is 11.8 Å². The normalized spacial score (nSPS) is 13.4. The molecule has 0 bridgehead atoms. The van der Waals surface area contributed by atoms with Gasteiger partial charge in [-0.25, -0.2) is 4.79 Å². The second-order valence-electron chi connectivity index (χ2n) is 5.92. The minimum Gasteiger partial charge on any atom is -0.422 e. The molecule has 0 fully saturated rings. The number of hydrogen-bond acceptors (Lipinski definition) is 6. The molecule has 0 amide bonds. The van der Waals surface area contributed by atoms with Crippen LogP contribution in [-0.4, -0.2) is 26.3 Å². The van der Waals surface area contributed by atoms with E-state index in [0.29, 0.717) is 33.6 Å². The Morgan fingerprint density at radius 1 is 1.04 bits per heavy atom. The molecular formula is C19H11BrN4O2S. The van der Waals surface area contributed by atoms with Crippen LogP contribution < -0.4 is 5.63 Å². The molecule has 8 heteroatoms. The third-order valence-electron chi connectivity index (χ3n) is 4.24. The van der Waals surface area contributed by atoms with Crippen LogP contribution in [0.3, 0.4) is 0 Å². The Labute approximate surface area is 166 Å². The predicted octanol–water partition coefficient (Wildman–Crippen LogP) is 4.17. The largest absolute Gasteiger partial charge is 0.422 e. The number of aromatic nitrogens is 3. The van der Waals surface area contributed by atoms with Crippen LogP contribution in [0, 0.1) is 0 Å². The first-order chi connectivity index (χ1) is 13.2. The molecule has 2 aromatic heterocycles. The van der Waals surface area contributed by atoms with Crippen LogP contribution in [0.4, 0.5) is 0 Å². The highest BCUT2D eigenvalue weighted by molar-refractivity contribution is 9.10. The van der Waals surface area contributed by atoms with E-state index in [1.54, 1.807) is 10.7 Å². The number of halogens is 1. The lowest BCUT2D eigenvalue weighted by Gasteiger charge is -2.13. The van der Waals surface area contributed by atoms with E-state index >= 15 is 0 Å². The molecule has 0 N–H and O–H groups in total. The van der Waals surface area contributed by atoms with Crippen LogP contribution in [0.25, 0.3) is 22.4 Å². The van der Waals surface area contributed by atoms with Gasteiger partial charge in [0.15, 0.2) is 5.82 Å². The maximum absolute atomic E-state index is 12.5. The van der Waals surface area contributed by atoms with E-state index in [4.69, 9.17) is 4.42 Å². The lowest BCUT2D eigenvalue weighted by molar-refractivity contribution is 0.559. The quantitative estimate of drug-likeness (QED) is 0.439. The number of para-hydroxylation sites is 1. The van der Waals surface area contributed by atoms with Crippen molar-refractivity contribution < 1.29 is 4.42 Å². The van der Waals surface area contributed by atoms with Crippen LogP contribution >= 0.6 is 27.7 Å². The molecule has 27 heavy (non-hydrogen) atoms. The van der Waals surface area contributed by atoms with E-state index in [9.17, 15) is 4.79 Å². The zero-order chi connectivity index (χ0) is 18.4. The van der Waals surface area contributed by atoms with E-state index in [-0.39, 0.29) is 0 Å². The summed E-state index contributed by atoms with van der Waals surface area (Å²) < 4.78 is 8.04. The number of nitrogens with zero attached hydrogens (tertiary/aromatic N) is 4. The molecule has 0 spiro atoms. The van der Waals surface area contributed by atoms with E-state index < -0.39 is 5.63 Å². The number of thioether (sulfide) groups is 1. The first kappa shape index (κ1) is 16.5. The Kier molecular flexibility index (Phi) is 3.95. The van der Waals surface area contributed by atoms with Gasteiger partial charge in [0, 0.05) is 21.2 Å². The summed E-state index contributed by atoms with van der Waals surface area (Å²) in [5, 5.41) is 14.7. The Balaban J connectivity index is 1.67. The first-order valence-electron chi connectivity index (χ1n) is 8.15. The molecule has 0 saturated carbocycles. The van der Waals surface area contributed by atoms with Crippen molar-refractivity contribution in [1.82, 2.24) is 14.9 Å². The summed E-state index contributed by atoms with van der Waals surface area (Å²) in [4.78, 5) is 12.5. The minimum absolute atomic E-state index is 0.396. The zero-order valence-corrected chi connectivity index (χ0v) is 16.2. The van der Waals surface area contributed by atoms with Crippen molar-refractivity contribution >= 4 is 44.4 Å². The Bertz CT molecular complexity index is 1280. The van der Waals surface area contributed by atoms with E-state index in [1.807, 2.05) is 48.5 Å². The molecule has 3 heterocycles. The fourth-order valence-electron chi connectivity index (χ4n) is 2.93. The second kappa shape index (κ2) is 6.47. The van der Waals surface area contributed by atoms with Gasteiger partial charge in [-0.1, -0.05) is 58.0 Å². The molecule has 0 unspecified atom stereocenters. The van der Waals surface area contributed by atoms with Crippen LogP contribution in [-0.2, 0) is 0 Å². The molecular weight excluding hydrogens is 428 g/mol. The maximum atomic E-state index is 12.5. The molecule has 0 atom stereocenters. The average Bonchev–Trinajstić information content (AvgIpc) is 3.11. The van der Waals surface area contributed by atoms with Crippen molar-refractivity contribution in [2.45, 2.75) is 5.16 Å². The highest BCUT2D eigenvalue weighted by Gasteiger charge is 2.23. The summed E-state index contributed by atoms with van der Waals surface area (Å²) in [5.41, 5.74) is 2.15. The first-order valence-corrected chi connectivity index (χ1v) is 9.93. The van der Waals surface area contributed by atoms with Gasteiger partial charge in [-0.3, -0.25) is 0 Å². The Hall–Kier alpha value is -2.71. The summed E-state index contributed by atoms with van der Waals surface area (Å²) in [6, 6.07) is 17.0. The molecule has 1 aliphatic rings. The Morgan fingerprint density at radius 2 is 1.85 bits per heavy atom. The number of fused-ring (bicyclic) bond motifs is 2. The summed E-state index contributed by atoms with van der Waals surface area (Å²) >= 11 is 5.03. The molecule has 132 valence electrons. The summed E-state index contributed by atoms with van der Waals surface area (Å²) in [6.07, 6.45) is 0. The van der Waals surface area contributed by atoms with Gasteiger partial charge in [-0.2, -0.15) is 9.78 Å². The SMILES string of the molecule is O=c1oc2ccccc2cc1C1=Nn2c(nnc2-c2ccccc2Br)SC1. The average molecular weight is 439 g/mol. The van der Waals surface area contributed by atoms with E-state index in [2.05, 4.69) is 31.2 Å². The molecule has 4 aromatic rings. The van der Waals surface area contributed by atoms with Gasteiger partial charge in [0.2, 0.25) is 5.16 Å². The van der Waals surface area contributed by atoms with Crippen molar-refractivity contribution in [3.63, 3.8) is 0 Å². The van der Waals surface area contributed by atoms with Crippen molar-refractivity contribution in [3.05, 3.63) is 75.1 Å². The summed E-state index contributed by atoms with van der Waals surface area (Å²) in [7, 11) is 0. The summed E-state index contributed by atoms with van der Waals surface area (Å²) in [6.45, 7) is 0. The Morgan fingerprint density at radius 3 is 2.74 bits per heavy atom. The van der Waals surface area contributed by atoms with Gasteiger partial charge in [-0.05, 0) is 24.3 Å². The van der Waals surface area contributed by atoms with Gasteiger partial charge in [0.05, 0.1) is 11.3 Å². The van der Waals surface area contributed by atoms with Gasteiger partial charge >= 0.3 is 5.63 Å². The zero-order valence-electron chi connectivity index (χ0n) is 13.8. The molecule has 0 radical (unpaired) electrons. The van der Waals surface area contributed by atoms with E-state index in [0.717, 1.165) is 15.4 Å². The third-order valence-corrected chi connectivity index (χ3v) is 5.86. The van der Waals surface area contributed by atoms with Crippen molar-refractivity contribution in [2.75, 3.05) is 5.75 Å². The van der Waals surface area contributed by atoms with Crippen molar-refractivity contribution in [3.8, 4) is 11.4 Å². The highest BCUT2D eigenvalue weighted by Crippen LogP contribution is 2.31. The molecule has 6 nitrogen and oxygen atoms in total. The third kappa shape index (κ3) is 2.81. The van der Waals surface area contributed by atoms with Crippen LogP contribution in [0.5, 0.6) is 0 Å². The molecule has 0 aliphatic carbocycles. The lowest BCUT2D eigenvalue weighted by Crippen LogP contribution is -2.21. The van der Waals surface area contributed by atoms with Gasteiger partial charge in [0.1, 0.15) is 5.58 Å². The number of hydrogen-bond donors (Lipinski definition) is 0. The summed E-state index contributed by atoms with van der Waals surface area (Å²) in [5.74, 6) is 1.14. The highest BCUT2D eigenvalue weighted by atomic mass is 79.9. The van der Waals surface area contributed by atoms with Gasteiger partial charge in [0.25, 0.3) is 0 Å². The molecule has 0 saturated heterocycles. The van der Waals surface area contributed by atoms with Crippen molar-refractivity contribution in [1.29, 1.82) is 0 Å².